The molecule has 1 heterocycles. The Labute approximate surface area is 113 Å². The van der Waals surface area contributed by atoms with Gasteiger partial charge in [-0.3, -0.25) is 4.90 Å². The number of fused-ring (bicyclic) bond motifs is 1. The predicted molar refractivity (Wildman–Crippen MR) is 75.8 cm³/mol. The van der Waals surface area contributed by atoms with E-state index in [1.807, 2.05) is 12.1 Å². The molecule has 0 saturated carbocycles. The molecule has 1 aliphatic heterocycles. The number of rotatable bonds is 1. The summed E-state index contributed by atoms with van der Waals surface area (Å²) in [6.45, 7) is 3.20. The van der Waals surface area contributed by atoms with Crippen molar-refractivity contribution in [3.8, 4) is 0 Å². The van der Waals surface area contributed by atoms with Crippen LogP contribution in [-0.4, -0.2) is 18.5 Å². The van der Waals surface area contributed by atoms with Crippen LogP contribution >= 0.6 is 0 Å². The summed E-state index contributed by atoms with van der Waals surface area (Å²) in [6.07, 6.45) is 1.09. The summed E-state index contributed by atoms with van der Waals surface area (Å²) in [7, 11) is 2.14. The van der Waals surface area contributed by atoms with Gasteiger partial charge >= 0.3 is 0 Å². The molecule has 3 rings (SSSR count). The fourth-order valence-electron chi connectivity index (χ4n) is 3.06. The lowest BCUT2D eigenvalue weighted by Crippen LogP contribution is -2.33. The fraction of sp³-hybridized carbons (Fsp3) is 0.294. The summed E-state index contributed by atoms with van der Waals surface area (Å²) in [5.74, 6) is -0.174. The molecule has 0 aromatic heterocycles. The number of hydrogen-bond acceptors (Lipinski definition) is 1. The van der Waals surface area contributed by atoms with Crippen LogP contribution in [0, 0.1) is 12.7 Å². The Morgan fingerprint density at radius 3 is 2.58 bits per heavy atom. The first kappa shape index (κ1) is 12.4. The minimum Gasteiger partial charge on any atom is -0.295 e. The minimum absolute atomic E-state index is 0.174. The first-order valence-corrected chi connectivity index (χ1v) is 6.71. The van der Waals surface area contributed by atoms with Gasteiger partial charge in [0.1, 0.15) is 5.82 Å². The van der Waals surface area contributed by atoms with Crippen LogP contribution in [0.3, 0.4) is 0 Å². The van der Waals surface area contributed by atoms with E-state index in [0.29, 0.717) is 0 Å². The lowest BCUT2D eigenvalue weighted by molar-refractivity contribution is 0.264. The summed E-state index contributed by atoms with van der Waals surface area (Å²) >= 11 is 0. The van der Waals surface area contributed by atoms with Gasteiger partial charge in [-0.25, -0.2) is 4.39 Å². The van der Waals surface area contributed by atoms with Crippen LogP contribution < -0.4 is 0 Å². The molecule has 98 valence electrons. The molecule has 0 aliphatic carbocycles. The van der Waals surface area contributed by atoms with E-state index in [1.165, 1.54) is 22.3 Å². The maximum absolute atomic E-state index is 13.1. The van der Waals surface area contributed by atoms with Gasteiger partial charge in [-0.2, -0.15) is 0 Å². The summed E-state index contributed by atoms with van der Waals surface area (Å²) in [5.41, 5.74) is 5.30. The molecule has 1 aliphatic rings. The lowest BCUT2D eigenvalue weighted by atomic mass is 9.86. The average Bonchev–Trinajstić information content (AvgIpc) is 2.41. The van der Waals surface area contributed by atoms with Crippen molar-refractivity contribution in [1.82, 2.24) is 4.90 Å². The van der Waals surface area contributed by atoms with E-state index in [4.69, 9.17) is 0 Å². The van der Waals surface area contributed by atoms with Gasteiger partial charge in [0.25, 0.3) is 0 Å². The van der Waals surface area contributed by atoms with E-state index in [2.05, 4.69) is 37.1 Å². The van der Waals surface area contributed by atoms with Gasteiger partial charge in [-0.05, 0) is 54.8 Å². The average molecular weight is 255 g/mol. The third-order valence-corrected chi connectivity index (χ3v) is 4.05. The highest BCUT2D eigenvalue weighted by Gasteiger charge is 2.27. The van der Waals surface area contributed by atoms with Gasteiger partial charge in [-0.15, -0.1) is 0 Å². The van der Waals surface area contributed by atoms with E-state index < -0.39 is 0 Å². The second-order valence-corrected chi connectivity index (χ2v) is 5.33. The van der Waals surface area contributed by atoms with Crippen LogP contribution in [0.25, 0.3) is 0 Å². The zero-order valence-electron chi connectivity index (χ0n) is 11.4. The molecule has 1 atom stereocenters. The first-order valence-electron chi connectivity index (χ1n) is 6.71. The molecule has 1 nitrogen and oxygen atoms in total. The molecular weight excluding hydrogens is 237 g/mol. The van der Waals surface area contributed by atoms with Crippen molar-refractivity contribution in [1.29, 1.82) is 0 Å². The normalized spacial score (nSPS) is 19.2. The van der Waals surface area contributed by atoms with Gasteiger partial charge in [0.2, 0.25) is 0 Å². The molecule has 2 heteroatoms. The summed E-state index contributed by atoms with van der Waals surface area (Å²) in [6, 6.07) is 13.6. The number of halogens is 1. The Bertz CT molecular complexity index is 589. The van der Waals surface area contributed by atoms with Gasteiger partial charge < -0.3 is 0 Å². The van der Waals surface area contributed by atoms with Crippen LogP contribution in [0.4, 0.5) is 4.39 Å². The Kier molecular flexibility index (Phi) is 3.11. The van der Waals surface area contributed by atoms with E-state index in [9.17, 15) is 4.39 Å². The van der Waals surface area contributed by atoms with Crippen LogP contribution in [0.1, 0.15) is 28.3 Å². The molecule has 2 aromatic carbocycles. The van der Waals surface area contributed by atoms with Crippen LogP contribution in [-0.2, 0) is 6.42 Å². The van der Waals surface area contributed by atoms with Crippen molar-refractivity contribution in [2.75, 3.05) is 13.6 Å². The highest BCUT2D eigenvalue weighted by Crippen LogP contribution is 2.36. The minimum atomic E-state index is -0.174. The monoisotopic (exact) mass is 255 g/mol. The fourth-order valence-corrected chi connectivity index (χ4v) is 3.06. The summed E-state index contributed by atoms with van der Waals surface area (Å²) in [5, 5.41) is 0. The predicted octanol–water partition coefficient (Wildman–Crippen LogP) is 3.71. The molecule has 0 saturated heterocycles. The van der Waals surface area contributed by atoms with Crippen molar-refractivity contribution in [3.63, 3.8) is 0 Å². The van der Waals surface area contributed by atoms with Crippen molar-refractivity contribution < 1.29 is 4.39 Å². The quantitative estimate of drug-likeness (QED) is 0.751. The summed E-state index contributed by atoms with van der Waals surface area (Å²) < 4.78 is 13.1. The number of hydrogen-bond donors (Lipinski definition) is 0. The molecule has 19 heavy (non-hydrogen) atoms. The Balaban J connectivity index is 2.13. The Morgan fingerprint density at radius 1 is 1.11 bits per heavy atom. The third kappa shape index (κ3) is 2.17. The van der Waals surface area contributed by atoms with E-state index in [-0.39, 0.29) is 11.9 Å². The molecule has 0 bridgehead atoms. The van der Waals surface area contributed by atoms with Crippen molar-refractivity contribution in [2.24, 2.45) is 0 Å². The molecule has 0 spiro atoms. The molecule has 0 radical (unpaired) electrons. The maximum Gasteiger partial charge on any atom is 0.123 e. The van der Waals surface area contributed by atoms with Crippen molar-refractivity contribution in [2.45, 2.75) is 19.4 Å². The molecule has 0 N–H and O–H groups in total. The van der Waals surface area contributed by atoms with Crippen LogP contribution in [0.15, 0.2) is 42.5 Å². The second-order valence-electron chi connectivity index (χ2n) is 5.33. The maximum atomic E-state index is 13.1. The van der Waals surface area contributed by atoms with Gasteiger partial charge in [0.05, 0.1) is 6.04 Å². The van der Waals surface area contributed by atoms with Gasteiger partial charge in [0.15, 0.2) is 0 Å². The van der Waals surface area contributed by atoms with Gasteiger partial charge in [0, 0.05) is 6.54 Å². The number of likely N-dealkylation sites (N-methyl/N-ethyl adjacent to an activating group) is 1. The zero-order valence-corrected chi connectivity index (χ0v) is 11.4. The van der Waals surface area contributed by atoms with Gasteiger partial charge in [-0.1, -0.05) is 30.3 Å². The molecule has 1 unspecified atom stereocenters. The SMILES string of the molecule is Cc1cccc2c1C(c1ccc(F)cc1)N(C)CC2. The molecule has 2 aromatic rings. The van der Waals surface area contributed by atoms with Crippen LogP contribution in [0.2, 0.25) is 0 Å². The van der Waals surface area contributed by atoms with Crippen LogP contribution in [0.5, 0.6) is 0 Å². The largest absolute Gasteiger partial charge is 0.295 e. The zero-order chi connectivity index (χ0) is 13.4. The number of aryl methyl sites for hydroxylation is 1. The molecule has 0 amide bonds. The topological polar surface area (TPSA) is 3.24 Å². The first-order chi connectivity index (χ1) is 9.16. The lowest BCUT2D eigenvalue weighted by Gasteiger charge is -2.36. The Morgan fingerprint density at radius 2 is 1.84 bits per heavy atom. The third-order valence-electron chi connectivity index (χ3n) is 4.05. The van der Waals surface area contributed by atoms with E-state index in [1.54, 1.807) is 12.1 Å². The smallest absolute Gasteiger partial charge is 0.123 e. The van der Waals surface area contributed by atoms with E-state index in [0.717, 1.165) is 13.0 Å². The standard InChI is InChI=1S/C17H18FN/c1-12-4-3-5-13-10-11-19(2)17(16(12)13)14-6-8-15(18)9-7-14/h3-9,17H,10-11H2,1-2H3. The number of nitrogens with zero attached hydrogens (tertiary/aromatic N) is 1. The summed E-state index contributed by atoms with van der Waals surface area (Å²) in [4.78, 5) is 2.35. The van der Waals surface area contributed by atoms with E-state index >= 15 is 0 Å². The second kappa shape index (κ2) is 4.78. The van der Waals surface area contributed by atoms with Crippen molar-refractivity contribution >= 4 is 0 Å². The molecular formula is C17H18FN. The molecule has 0 fully saturated rings. The highest BCUT2D eigenvalue weighted by atomic mass is 19.1. The highest BCUT2D eigenvalue weighted by molar-refractivity contribution is 5.44. The van der Waals surface area contributed by atoms with Crippen molar-refractivity contribution in [3.05, 3.63) is 70.5 Å². The Hall–Kier alpha value is -1.67. The number of benzene rings is 2.